The number of esters is 2. The summed E-state index contributed by atoms with van der Waals surface area (Å²) in [6.45, 7) is 7.59. The number of rotatable bonds is 6. The van der Waals surface area contributed by atoms with Gasteiger partial charge in [-0.1, -0.05) is 62.7 Å². The first-order valence-corrected chi connectivity index (χ1v) is 12.1. The van der Waals surface area contributed by atoms with Gasteiger partial charge in [0.25, 0.3) is 0 Å². The van der Waals surface area contributed by atoms with Crippen molar-refractivity contribution in [2.24, 2.45) is 23.7 Å². The molecule has 7 atom stereocenters. The van der Waals surface area contributed by atoms with E-state index in [0.717, 1.165) is 18.4 Å². The van der Waals surface area contributed by atoms with Crippen LogP contribution in [0.3, 0.4) is 0 Å². The van der Waals surface area contributed by atoms with E-state index in [1.54, 1.807) is 6.08 Å². The Balaban J connectivity index is 1.68. The number of hydrogen-bond donors (Lipinski definition) is 1. The maximum absolute atomic E-state index is 13.1. The van der Waals surface area contributed by atoms with Crippen molar-refractivity contribution in [2.75, 3.05) is 6.61 Å². The van der Waals surface area contributed by atoms with Crippen LogP contribution in [0.1, 0.15) is 52.5 Å². The van der Waals surface area contributed by atoms with E-state index >= 15 is 0 Å². The summed E-state index contributed by atoms with van der Waals surface area (Å²) >= 11 is 6.38. The van der Waals surface area contributed by atoms with Gasteiger partial charge in [-0.2, -0.15) is 0 Å². The first-order chi connectivity index (χ1) is 15.6. The number of fused-ring (bicyclic) bond motifs is 4. The van der Waals surface area contributed by atoms with Gasteiger partial charge in [-0.25, -0.2) is 9.59 Å². The topological polar surface area (TPSA) is 82.1 Å². The van der Waals surface area contributed by atoms with Crippen molar-refractivity contribution >= 4 is 29.6 Å². The number of aliphatic hydroxyl groups excluding tert-OH is 1. The lowest BCUT2D eigenvalue weighted by molar-refractivity contribution is -0.264. The molecule has 0 spiro atoms. The van der Waals surface area contributed by atoms with Crippen LogP contribution in [0.4, 0.5) is 0 Å². The Bertz CT molecular complexity index is 930. The zero-order valence-corrected chi connectivity index (χ0v) is 20.4. The number of benzene rings is 1. The summed E-state index contributed by atoms with van der Waals surface area (Å²) in [7, 11) is 0. The molecule has 0 unspecified atom stereocenters. The van der Waals surface area contributed by atoms with Gasteiger partial charge in [0, 0.05) is 12.3 Å². The normalized spacial score (nSPS) is 37.7. The Morgan fingerprint density at radius 1 is 1.24 bits per heavy atom. The standard InChI is InChI=1S/C26H33ClO6/c1-15(2)26-13-20(31-21(29)14-28)25(4,33-26)18-11-10-16(3)22(18)23(26)32-24(30)19(27)12-17-8-6-5-7-9-17/h5-9,12,15-16,18,20,22-23,28H,10-11,13-14H2,1-4H3/t16-,18-,20-,22-,23+,25-,26+/m0/s1. The van der Waals surface area contributed by atoms with Gasteiger partial charge in [0.2, 0.25) is 0 Å². The van der Waals surface area contributed by atoms with Crippen LogP contribution in [0.25, 0.3) is 6.08 Å². The fourth-order valence-corrected chi connectivity index (χ4v) is 6.54. The molecular formula is C26H33ClO6. The maximum Gasteiger partial charge on any atom is 0.350 e. The highest BCUT2D eigenvalue weighted by Gasteiger charge is 2.72. The van der Waals surface area contributed by atoms with E-state index in [1.807, 2.05) is 51.1 Å². The Morgan fingerprint density at radius 3 is 2.58 bits per heavy atom. The van der Waals surface area contributed by atoms with Gasteiger partial charge in [-0.3, -0.25) is 0 Å². The molecular weight excluding hydrogens is 444 g/mol. The first kappa shape index (κ1) is 24.2. The van der Waals surface area contributed by atoms with Crippen molar-refractivity contribution in [2.45, 2.75) is 70.4 Å². The molecule has 0 radical (unpaired) electrons. The second kappa shape index (κ2) is 9.05. The molecule has 0 amide bonds. The quantitative estimate of drug-likeness (QED) is 0.486. The third-order valence-electron chi connectivity index (χ3n) is 8.08. The molecule has 6 nitrogen and oxygen atoms in total. The summed E-state index contributed by atoms with van der Waals surface area (Å²) in [6.07, 6.45) is 2.85. The van der Waals surface area contributed by atoms with Crippen molar-refractivity contribution in [3.8, 4) is 0 Å². The minimum absolute atomic E-state index is 0.00178. The molecule has 0 aromatic heterocycles. The van der Waals surface area contributed by atoms with E-state index in [1.165, 1.54) is 0 Å². The molecule has 1 aliphatic carbocycles. The van der Waals surface area contributed by atoms with Gasteiger partial charge in [-0.05, 0) is 49.2 Å². The summed E-state index contributed by atoms with van der Waals surface area (Å²) < 4.78 is 18.6. The first-order valence-electron chi connectivity index (χ1n) is 11.8. The Hall–Kier alpha value is -1.89. The van der Waals surface area contributed by atoms with Crippen molar-refractivity contribution < 1.29 is 28.9 Å². The van der Waals surface area contributed by atoms with Gasteiger partial charge >= 0.3 is 11.9 Å². The number of carbonyl (C=O) groups is 2. The zero-order valence-electron chi connectivity index (χ0n) is 19.6. The average Bonchev–Trinajstić information content (AvgIpc) is 3.30. The predicted molar refractivity (Wildman–Crippen MR) is 124 cm³/mol. The van der Waals surface area contributed by atoms with Crippen LogP contribution in [0.5, 0.6) is 0 Å². The highest BCUT2D eigenvalue weighted by Crippen LogP contribution is 2.63. The molecule has 3 aliphatic rings. The van der Waals surface area contributed by atoms with Crippen molar-refractivity contribution in [3.63, 3.8) is 0 Å². The summed E-state index contributed by atoms with van der Waals surface area (Å²) in [4.78, 5) is 25.2. The zero-order chi connectivity index (χ0) is 24.0. The number of ether oxygens (including phenoxy) is 3. The molecule has 1 aromatic carbocycles. The van der Waals surface area contributed by atoms with Crippen LogP contribution in [-0.4, -0.2) is 47.1 Å². The molecule has 33 heavy (non-hydrogen) atoms. The van der Waals surface area contributed by atoms with E-state index in [4.69, 9.17) is 25.8 Å². The smallest absolute Gasteiger partial charge is 0.350 e. The summed E-state index contributed by atoms with van der Waals surface area (Å²) in [5.41, 5.74) is -0.694. The summed E-state index contributed by atoms with van der Waals surface area (Å²) in [6, 6.07) is 9.39. The molecule has 180 valence electrons. The molecule has 2 heterocycles. The number of aliphatic hydroxyl groups is 1. The van der Waals surface area contributed by atoms with Crippen LogP contribution in [0.15, 0.2) is 35.4 Å². The molecule has 1 saturated carbocycles. The molecule has 1 N–H and O–H groups in total. The van der Waals surface area contributed by atoms with Crippen molar-refractivity contribution in [1.29, 1.82) is 0 Å². The lowest BCUT2D eigenvalue weighted by Crippen LogP contribution is -2.62. The van der Waals surface area contributed by atoms with Gasteiger partial charge in [0.15, 0.2) is 0 Å². The highest BCUT2D eigenvalue weighted by atomic mass is 35.5. The summed E-state index contributed by atoms with van der Waals surface area (Å²) in [5.74, 6) is -0.800. The molecule has 4 rings (SSSR count). The Morgan fingerprint density at radius 2 is 1.94 bits per heavy atom. The van der Waals surface area contributed by atoms with Crippen LogP contribution < -0.4 is 0 Å². The molecule has 3 fully saturated rings. The van der Waals surface area contributed by atoms with E-state index in [9.17, 15) is 14.7 Å². The number of halogens is 1. The minimum atomic E-state index is -0.811. The fraction of sp³-hybridized carbons (Fsp3) is 0.615. The third kappa shape index (κ3) is 4.11. The van der Waals surface area contributed by atoms with E-state index in [0.29, 0.717) is 12.3 Å². The van der Waals surface area contributed by atoms with Crippen LogP contribution in [-0.2, 0) is 23.8 Å². The van der Waals surface area contributed by atoms with Gasteiger partial charge < -0.3 is 19.3 Å². The molecule has 2 bridgehead atoms. The van der Waals surface area contributed by atoms with Crippen LogP contribution in [0, 0.1) is 23.7 Å². The highest BCUT2D eigenvalue weighted by molar-refractivity contribution is 6.43. The summed E-state index contributed by atoms with van der Waals surface area (Å²) in [5, 5.41) is 9.28. The lowest BCUT2D eigenvalue weighted by atomic mass is 9.69. The Kier molecular flexibility index (Phi) is 6.64. The van der Waals surface area contributed by atoms with Crippen LogP contribution >= 0.6 is 11.6 Å². The number of hydrogen-bond acceptors (Lipinski definition) is 6. The molecule has 2 saturated heterocycles. The van der Waals surface area contributed by atoms with Gasteiger partial charge in [-0.15, -0.1) is 0 Å². The fourth-order valence-electron chi connectivity index (χ4n) is 6.37. The number of carbonyl (C=O) groups excluding carboxylic acids is 2. The molecule has 2 aliphatic heterocycles. The largest absolute Gasteiger partial charge is 0.457 e. The molecule has 7 heteroatoms. The predicted octanol–water partition coefficient (Wildman–Crippen LogP) is 4.33. The lowest BCUT2D eigenvalue weighted by Gasteiger charge is -2.52. The Labute approximate surface area is 200 Å². The van der Waals surface area contributed by atoms with E-state index in [-0.39, 0.29) is 22.8 Å². The monoisotopic (exact) mass is 476 g/mol. The third-order valence-corrected chi connectivity index (χ3v) is 8.34. The second-order valence-electron chi connectivity index (χ2n) is 10.2. The maximum atomic E-state index is 13.1. The second-order valence-corrected chi connectivity index (χ2v) is 10.6. The van der Waals surface area contributed by atoms with E-state index in [2.05, 4.69) is 6.92 Å². The minimum Gasteiger partial charge on any atom is -0.457 e. The van der Waals surface area contributed by atoms with Crippen LogP contribution in [0.2, 0.25) is 0 Å². The van der Waals surface area contributed by atoms with Gasteiger partial charge in [0.05, 0.1) is 0 Å². The molecule has 1 aromatic rings. The van der Waals surface area contributed by atoms with Crippen molar-refractivity contribution in [3.05, 3.63) is 40.9 Å². The average molecular weight is 477 g/mol. The van der Waals surface area contributed by atoms with Gasteiger partial charge in [0.1, 0.15) is 35.0 Å². The van der Waals surface area contributed by atoms with Crippen molar-refractivity contribution in [1.82, 2.24) is 0 Å². The SMILES string of the molecule is CC(C)[C@@]12C[C@H](OC(=O)CO)[C@@](C)(O1)[C@H]1CC[C@H](C)[C@@H]1[C@H]2OC(=O)C(Cl)=Cc1ccccc1. The van der Waals surface area contributed by atoms with E-state index < -0.39 is 42.0 Å².